The summed E-state index contributed by atoms with van der Waals surface area (Å²) in [5.74, 6) is 0. The molecule has 1 nitrogen and oxygen atoms in total. The van der Waals surface area contributed by atoms with Crippen LogP contribution in [-0.2, 0) is 0 Å². The van der Waals surface area contributed by atoms with Crippen LogP contribution in [0.1, 0.15) is 45.4 Å². The van der Waals surface area contributed by atoms with Crippen molar-refractivity contribution in [3.05, 3.63) is 24.3 Å². The van der Waals surface area contributed by atoms with Crippen LogP contribution in [0.5, 0.6) is 0 Å². The van der Waals surface area contributed by atoms with Gasteiger partial charge in [0.25, 0.3) is 0 Å². The molecule has 2 N–H and O–H groups in total. The molecule has 0 radical (unpaired) electrons. The molecular weight excluding hydrogens is 158 g/mol. The lowest BCUT2D eigenvalue weighted by Gasteiger charge is -2.28. The number of allylic oxidation sites excluding steroid dienone is 2. The maximum Gasteiger partial charge on any atom is 0.0192 e. The third-order valence-electron chi connectivity index (χ3n) is 2.95. The molecule has 0 bridgehead atoms. The van der Waals surface area contributed by atoms with Gasteiger partial charge in [-0.1, -0.05) is 31.2 Å². The summed E-state index contributed by atoms with van der Waals surface area (Å²) in [5, 5.41) is 0. The maximum absolute atomic E-state index is 6.29. The van der Waals surface area contributed by atoms with Gasteiger partial charge in [-0.15, -0.1) is 0 Å². The van der Waals surface area contributed by atoms with Crippen LogP contribution in [0.4, 0.5) is 0 Å². The van der Waals surface area contributed by atoms with Crippen LogP contribution in [0, 0.1) is 0 Å². The molecule has 0 aromatic rings. The van der Waals surface area contributed by atoms with Crippen LogP contribution in [0.2, 0.25) is 0 Å². The van der Waals surface area contributed by atoms with Crippen LogP contribution in [0.25, 0.3) is 0 Å². The molecule has 0 fully saturated rings. The molecule has 13 heavy (non-hydrogen) atoms. The third-order valence-corrected chi connectivity index (χ3v) is 2.95. The van der Waals surface area contributed by atoms with Gasteiger partial charge in [0.2, 0.25) is 0 Å². The fourth-order valence-corrected chi connectivity index (χ4v) is 1.87. The summed E-state index contributed by atoms with van der Waals surface area (Å²) in [7, 11) is 0. The highest BCUT2D eigenvalue weighted by Crippen LogP contribution is 2.26. The molecule has 0 saturated heterocycles. The summed E-state index contributed by atoms with van der Waals surface area (Å²) < 4.78 is 0. The molecule has 0 aliphatic heterocycles. The van der Waals surface area contributed by atoms with Gasteiger partial charge >= 0.3 is 0 Å². The van der Waals surface area contributed by atoms with Gasteiger partial charge in [-0.2, -0.15) is 0 Å². The summed E-state index contributed by atoms with van der Waals surface area (Å²) in [6, 6.07) is 0. The van der Waals surface area contributed by atoms with Crippen LogP contribution < -0.4 is 5.73 Å². The molecule has 0 heterocycles. The van der Waals surface area contributed by atoms with Gasteiger partial charge in [-0.25, -0.2) is 0 Å². The lowest BCUT2D eigenvalue weighted by molar-refractivity contribution is 0.377. The van der Waals surface area contributed by atoms with E-state index in [0.717, 1.165) is 38.5 Å². The summed E-state index contributed by atoms with van der Waals surface area (Å²) in [4.78, 5) is 0. The molecule has 1 rings (SSSR count). The fourth-order valence-electron chi connectivity index (χ4n) is 1.87. The molecule has 1 heteroatoms. The average Bonchev–Trinajstić information content (AvgIpc) is 2.17. The fraction of sp³-hybridized carbons (Fsp3) is 0.667. The molecule has 0 saturated carbocycles. The first-order chi connectivity index (χ1) is 6.16. The first-order valence-corrected chi connectivity index (χ1v) is 5.27. The third kappa shape index (κ3) is 3.35. The largest absolute Gasteiger partial charge is 0.325 e. The highest BCUT2D eigenvalue weighted by Gasteiger charge is 2.22. The monoisotopic (exact) mass is 179 g/mol. The smallest absolute Gasteiger partial charge is 0.0192 e. The molecule has 0 spiro atoms. The number of rotatable bonds is 1. The van der Waals surface area contributed by atoms with Gasteiger partial charge in [0.15, 0.2) is 0 Å². The van der Waals surface area contributed by atoms with E-state index in [9.17, 15) is 0 Å². The molecule has 0 amide bonds. The normalized spacial score (nSPS) is 33.2. The van der Waals surface area contributed by atoms with Gasteiger partial charge in [0.05, 0.1) is 0 Å². The lowest BCUT2D eigenvalue weighted by Crippen LogP contribution is -2.39. The molecule has 1 unspecified atom stereocenters. The van der Waals surface area contributed by atoms with Crippen molar-refractivity contribution in [3.63, 3.8) is 0 Å². The zero-order valence-electron chi connectivity index (χ0n) is 8.68. The predicted octanol–water partition coefficient (Wildman–Crippen LogP) is 3.17. The Morgan fingerprint density at radius 2 is 2.15 bits per heavy atom. The van der Waals surface area contributed by atoms with E-state index in [1.807, 2.05) is 0 Å². The van der Waals surface area contributed by atoms with Crippen molar-refractivity contribution in [3.8, 4) is 0 Å². The van der Waals surface area contributed by atoms with E-state index < -0.39 is 0 Å². The minimum absolute atomic E-state index is 0.00572. The van der Waals surface area contributed by atoms with E-state index in [0.29, 0.717) is 0 Å². The zero-order valence-corrected chi connectivity index (χ0v) is 8.68. The molecule has 74 valence electrons. The molecule has 0 aromatic carbocycles. The highest BCUT2D eigenvalue weighted by molar-refractivity contribution is 5.06. The second kappa shape index (κ2) is 4.61. The van der Waals surface area contributed by atoms with Crippen molar-refractivity contribution in [1.82, 2.24) is 0 Å². The minimum Gasteiger partial charge on any atom is -0.325 e. The first kappa shape index (κ1) is 10.5. The maximum atomic E-state index is 6.29. The van der Waals surface area contributed by atoms with Crippen molar-refractivity contribution in [1.29, 1.82) is 0 Å². The van der Waals surface area contributed by atoms with E-state index in [1.54, 1.807) is 0 Å². The van der Waals surface area contributed by atoms with Crippen molar-refractivity contribution >= 4 is 0 Å². The van der Waals surface area contributed by atoms with Gasteiger partial charge in [0, 0.05) is 5.54 Å². The Morgan fingerprint density at radius 1 is 1.46 bits per heavy atom. The van der Waals surface area contributed by atoms with Gasteiger partial charge in [-0.3, -0.25) is 0 Å². The van der Waals surface area contributed by atoms with E-state index in [2.05, 4.69) is 25.7 Å². The van der Waals surface area contributed by atoms with Crippen molar-refractivity contribution < 1.29 is 0 Å². The average molecular weight is 179 g/mol. The zero-order chi connectivity index (χ0) is 9.73. The molecule has 0 aromatic heterocycles. The SMILES string of the molecule is C=C1CC/C=C\CCC(N)(CC)C1. The Balaban J connectivity index is 2.63. The van der Waals surface area contributed by atoms with Crippen molar-refractivity contribution in [2.45, 2.75) is 51.0 Å². The number of nitrogens with two attached hydrogens (primary N) is 1. The Bertz CT molecular complexity index is 205. The minimum atomic E-state index is 0.00572. The van der Waals surface area contributed by atoms with E-state index in [1.165, 1.54) is 5.57 Å². The van der Waals surface area contributed by atoms with E-state index in [4.69, 9.17) is 5.73 Å². The quantitative estimate of drug-likeness (QED) is 0.615. The van der Waals surface area contributed by atoms with Gasteiger partial charge < -0.3 is 5.73 Å². The second-order valence-electron chi connectivity index (χ2n) is 4.19. The lowest BCUT2D eigenvalue weighted by atomic mass is 9.85. The number of hydrogen-bond acceptors (Lipinski definition) is 1. The molecule has 1 aliphatic rings. The predicted molar refractivity (Wildman–Crippen MR) is 58.6 cm³/mol. The molecular formula is C12H21N. The standard InChI is InChI=1S/C12H21N/c1-3-12(13)9-7-5-4-6-8-11(2)10-12/h4-5H,2-3,6-10,13H2,1H3/b5-4-. The van der Waals surface area contributed by atoms with E-state index >= 15 is 0 Å². The second-order valence-corrected chi connectivity index (χ2v) is 4.19. The van der Waals surface area contributed by atoms with Crippen LogP contribution >= 0.6 is 0 Å². The first-order valence-electron chi connectivity index (χ1n) is 5.27. The highest BCUT2D eigenvalue weighted by atomic mass is 14.7. The summed E-state index contributed by atoms with van der Waals surface area (Å²) in [6.45, 7) is 6.26. The van der Waals surface area contributed by atoms with Gasteiger partial charge in [-0.05, 0) is 38.5 Å². The topological polar surface area (TPSA) is 26.0 Å². The van der Waals surface area contributed by atoms with Crippen molar-refractivity contribution in [2.24, 2.45) is 5.73 Å². The van der Waals surface area contributed by atoms with Gasteiger partial charge in [0.1, 0.15) is 0 Å². The Kier molecular flexibility index (Phi) is 3.73. The molecule has 1 atom stereocenters. The Morgan fingerprint density at radius 3 is 2.85 bits per heavy atom. The van der Waals surface area contributed by atoms with Crippen LogP contribution in [0.15, 0.2) is 24.3 Å². The molecule has 1 aliphatic carbocycles. The summed E-state index contributed by atoms with van der Waals surface area (Å²) >= 11 is 0. The Hall–Kier alpha value is -0.560. The van der Waals surface area contributed by atoms with Crippen molar-refractivity contribution in [2.75, 3.05) is 0 Å². The summed E-state index contributed by atoms with van der Waals surface area (Å²) in [6.07, 6.45) is 11.0. The Labute approximate surface area is 81.7 Å². The van der Waals surface area contributed by atoms with Crippen LogP contribution in [-0.4, -0.2) is 5.54 Å². The summed E-state index contributed by atoms with van der Waals surface area (Å²) in [5.41, 5.74) is 7.61. The van der Waals surface area contributed by atoms with Crippen LogP contribution in [0.3, 0.4) is 0 Å². The number of hydrogen-bond donors (Lipinski definition) is 1. The van der Waals surface area contributed by atoms with E-state index in [-0.39, 0.29) is 5.54 Å².